The van der Waals surface area contributed by atoms with Crippen molar-refractivity contribution in [2.75, 3.05) is 7.11 Å². The smallest absolute Gasteiger partial charge is 0.358 e. The highest BCUT2D eigenvalue weighted by Gasteiger charge is 2.38. The highest BCUT2D eigenvalue weighted by atomic mass is 32.2. The van der Waals surface area contributed by atoms with Crippen LogP contribution in [0.15, 0.2) is 27.9 Å². The molecule has 0 saturated heterocycles. The number of benzene rings is 1. The number of sulfonamides is 1. The zero-order valence-electron chi connectivity index (χ0n) is 13.7. The van der Waals surface area contributed by atoms with Gasteiger partial charge in [-0.05, 0) is 48.3 Å². The van der Waals surface area contributed by atoms with E-state index in [4.69, 9.17) is 0 Å². The molecule has 0 bridgehead atoms. The molecule has 0 fully saturated rings. The molecule has 0 amide bonds. The number of aryl methyl sites for hydroxylation is 1. The van der Waals surface area contributed by atoms with Crippen LogP contribution in [-0.4, -0.2) is 26.5 Å². The number of hydrogen-bond acceptors (Lipinski definition) is 6. The van der Waals surface area contributed by atoms with Gasteiger partial charge in [0.25, 0.3) is 10.0 Å². The lowest BCUT2D eigenvalue weighted by molar-refractivity contribution is 0.0590. The Bertz CT molecular complexity index is 936. The Labute approximate surface area is 150 Å². The van der Waals surface area contributed by atoms with Gasteiger partial charge in [0, 0.05) is 6.04 Å². The Morgan fingerprint density at radius 2 is 2.24 bits per heavy atom. The zero-order chi connectivity index (χ0) is 17.6. The zero-order valence-corrected chi connectivity index (χ0v) is 15.3. The number of hydrogen-bond donors (Lipinski definition) is 1. The molecule has 1 heterocycles. The van der Waals surface area contributed by atoms with Gasteiger partial charge in [-0.25, -0.2) is 22.9 Å². The Balaban J connectivity index is 1.67. The summed E-state index contributed by atoms with van der Waals surface area (Å²) in [6.45, 7) is 0. The number of aromatic nitrogens is 1. The van der Waals surface area contributed by atoms with Gasteiger partial charge in [0.2, 0.25) is 0 Å². The van der Waals surface area contributed by atoms with E-state index in [1.165, 1.54) is 23.7 Å². The lowest BCUT2D eigenvalue weighted by Crippen LogP contribution is -2.28. The summed E-state index contributed by atoms with van der Waals surface area (Å²) in [4.78, 5) is 15.6. The molecule has 1 aromatic heterocycles. The van der Waals surface area contributed by atoms with Gasteiger partial charge in [0.05, 0.1) is 12.6 Å². The Morgan fingerprint density at radius 3 is 3.04 bits per heavy atom. The third-order valence-corrected chi connectivity index (χ3v) is 7.83. The van der Waals surface area contributed by atoms with E-state index in [1.807, 2.05) is 12.1 Å². The largest absolute Gasteiger partial charge is 0.464 e. The van der Waals surface area contributed by atoms with Crippen molar-refractivity contribution in [2.45, 2.75) is 41.9 Å². The summed E-state index contributed by atoms with van der Waals surface area (Å²) in [6.07, 6.45) is 4.05. The van der Waals surface area contributed by atoms with Crippen molar-refractivity contribution >= 4 is 27.3 Å². The molecule has 1 N–H and O–H groups in total. The van der Waals surface area contributed by atoms with Crippen LogP contribution in [-0.2, 0) is 21.2 Å². The second-order valence-electron chi connectivity index (χ2n) is 6.40. The molecule has 2 aromatic rings. The van der Waals surface area contributed by atoms with Gasteiger partial charge in [0.1, 0.15) is 0 Å². The lowest BCUT2D eigenvalue weighted by Gasteiger charge is -2.20. The van der Waals surface area contributed by atoms with E-state index in [0.717, 1.165) is 42.6 Å². The minimum atomic E-state index is -3.85. The van der Waals surface area contributed by atoms with Crippen LogP contribution in [0.25, 0.3) is 0 Å². The van der Waals surface area contributed by atoms with Gasteiger partial charge in [0.15, 0.2) is 9.90 Å². The summed E-state index contributed by atoms with van der Waals surface area (Å²) in [7, 11) is -2.64. The van der Waals surface area contributed by atoms with E-state index >= 15 is 0 Å². The molecule has 0 aliphatic heterocycles. The van der Waals surface area contributed by atoms with Crippen molar-refractivity contribution < 1.29 is 17.9 Å². The quantitative estimate of drug-likeness (QED) is 0.827. The van der Waals surface area contributed by atoms with Crippen LogP contribution in [0.5, 0.6) is 0 Å². The topological polar surface area (TPSA) is 85.4 Å². The van der Waals surface area contributed by atoms with Crippen molar-refractivity contribution in [1.82, 2.24) is 9.71 Å². The van der Waals surface area contributed by atoms with Crippen LogP contribution < -0.4 is 4.72 Å². The number of esters is 1. The molecule has 0 radical (unpaired) electrons. The third-order valence-electron chi connectivity index (χ3n) is 4.99. The van der Waals surface area contributed by atoms with Gasteiger partial charge in [-0.3, -0.25) is 0 Å². The maximum atomic E-state index is 12.8. The van der Waals surface area contributed by atoms with E-state index in [1.54, 1.807) is 0 Å². The van der Waals surface area contributed by atoms with Crippen molar-refractivity contribution in [3.05, 3.63) is 46.1 Å². The number of thiazole rings is 1. The highest BCUT2D eigenvalue weighted by Crippen LogP contribution is 2.47. The molecule has 132 valence electrons. The molecule has 2 aliphatic rings. The first-order chi connectivity index (χ1) is 12.0. The predicted octanol–water partition coefficient (Wildman–Crippen LogP) is 2.77. The molecule has 0 spiro atoms. The predicted molar refractivity (Wildman–Crippen MR) is 93.3 cm³/mol. The van der Waals surface area contributed by atoms with E-state index < -0.39 is 16.0 Å². The molecular formula is C17H18N2O4S2. The van der Waals surface area contributed by atoms with Crippen LogP contribution in [0.1, 0.15) is 58.4 Å². The minimum absolute atomic E-state index is 0.0876. The van der Waals surface area contributed by atoms with E-state index in [0.29, 0.717) is 5.92 Å². The maximum Gasteiger partial charge on any atom is 0.358 e. The van der Waals surface area contributed by atoms with Crippen LogP contribution in [0.3, 0.4) is 0 Å². The molecule has 25 heavy (non-hydrogen) atoms. The molecular weight excluding hydrogens is 360 g/mol. The van der Waals surface area contributed by atoms with Gasteiger partial charge in [-0.1, -0.05) is 18.2 Å². The summed E-state index contributed by atoms with van der Waals surface area (Å²) in [5.41, 5.74) is 4.91. The summed E-state index contributed by atoms with van der Waals surface area (Å²) in [5.74, 6) is -0.333. The second kappa shape index (κ2) is 6.19. The number of nitrogens with zero attached hydrogens (tertiary/aromatic N) is 1. The number of ether oxygens (including phenoxy) is 1. The molecule has 1 aromatic carbocycles. The van der Waals surface area contributed by atoms with Crippen LogP contribution >= 0.6 is 11.3 Å². The fourth-order valence-corrected chi connectivity index (χ4v) is 6.37. The summed E-state index contributed by atoms with van der Waals surface area (Å²) >= 11 is 0.925. The molecule has 2 atom stereocenters. The fraction of sp³-hybridized carbons (Fsp3) is 0.412. The molecule has 6 nitrogen and oxygen atoms in total. The summed E-state index contributed by atoms with van der Waals surface area (Å²) < 4.78 is 33.0. The number of methoxy groups -OCH3 is 1. The number of carbonyl (C=O) groups excluding carboxylic acids is 1. The van der Waals surface area contributed by atoms with Gasteiger partial charge < -0.3 is 4.74 Å². The van der Waals surface area contributed by atoms with Gasteiger partial charge in [-0.15, -0.1) is 11.3 Å². The highest BCUT2D eigenvalue weighted by molar-refractivity contribution is 7.91. The van der Waals surface area contributed by atoms with Crippen molar-refractivity contribution in [2.24, 2.45) is 0 Å². The first kappa shape index (κ1) is 16.7. The van der Waals surface area contributed by atoms with Gasteiger partial charge >= 0.3 is 5.97 Å². The number of rotatable bonds is 4. The second-order valence-corrected chi connectivity index (χ2v) is 9.16. The molecule has 2 aliphatic carbocycles. The average Bonchev–Trinajstić information content (AvgIpc) is 3.22. The third kappa shape index (κ3) is 2.78. The fourth-order valence-electron chi connectivity index (χ4n) is 3.99. The maximum absolute atomic E-state index is 12.8. The standard InChI is InChI=1S/C17H18N2O4S2/c1-23-16(20)15-17(24-9-18-15)25(21,22)19-13-8-11-6-2-4-10-5-3-7-12(13)14(10)11/h3,5,7,9,11,13,19H,2,4,6,8H2,1H3/t11-,13-/m0/s1. The van der Waals surface area contributed by atoms with E-state index in [9.17, 15) is 13.2 Å². The van der Waals surface area contributed by atoms with Gasteiger partial charge in [-0.2, -0.15) is 0 Å². The SMILES string of the molecule is COC(=O)c1ncsc1S(=O)(=O)N[C@H]1C[C@@H]2CCCc3cccc1c32. The van der Waals surface area contributed by atoms with Crippen molar-refractivity contribution in [3.8, 4) is 0 Å². The summed E-state index contributed by atoms with van der Waals surface area (Å²) in [6, 6.07) is 5.87. The Kier molecular flexibility index (Phi) is 4.13. The number of nitrogens with one attached hydrogen (secondary N) is 1. The average molecular weight is 378 g/mol. The molecule has 8 heteroatoms. The molecule has 0 saturated carbocycles. The monoisotopic (exact) mass is 378 g/mol. The lowest BCUT2D eigenvalue weighted by atomic mass is 9.84. The number of carbonyl (C=O) groups is 1. The van der Waals surface area contributed by atoms with Crippen molar-refractivity contribution in [3.63, 3.8) is 0 Å². The first-order valence-corrected chi connectivity index (χ1v) is 10.5. The summed E-state index contributed by atoms with van der Waals surface area (Å²) in [5, 5.41) is 0. The van der Waals surface area contributed by atoms with Crippen LogP contribution in [0, 0.1) is 0 Å². The Hall–Kier alpha value is -1.77. The first-order valence-electron chi connectivity index (χ1n) is 8.17. The van der Waals surface area contributed by atoms with E-state index in [-0.39, 0.29) is 15.9 Å². The molecule has 0 unspecified atom stereocenters. The van der Waals surface area contributed by atoms with Crippen LogP contribution in [0.2, 0.25) is 0 Å². The molecule has 4 rings (SSSR count). The normalized spacial score (nSPS) is 21.8. The Morgan fingerprint density at radius 1 is 1.40 bits per heavy atom. The van der Waals surface area contributed by atoms with E-state index in [2.05, 4.69) is 20.5 Å². The minimum Gasteiger partial charge on any atom is -0.464 e. The van der Waals surface area contributed by atoms with Crippen molar-refractivity contribution in [1.29, 1.82) is 0 Å². The van der Waals surface area contributed by atoms with Crippen LogP contribution in [0.4, 0.5) is 0 Å².